The lowest BCUT2D eigenvalue weighted by atomic mass is 9.91. The smallest absolute Gasteiger partial charge is 0.126 e. The number of fused-ring (bicyclic) bond motifs is 8. The molecule has 8 heteroatoms. The fourth-order valence-electron chi connectivity index (χ4n) is 7.42. The van der Waals surface area contributed by atoms with Crippen molar-refractivity contribution in [2.45, 2.75) is 0 Å². The average Bonchev–Trinajstić information content (AvgIpc) is 4.10. The molecule has 4 aromatic carbocycles. The molecule has 8 bridgehead atoms. The van der Waals surface area contributed by atoms with Crippen molar-refractivity contribution in [3.05, 3.63) is 259 Å². The van der Waals surface area contributed by atoms with Gasteiger partial charge in [0.2, 0.25) is 0 Å². The first-order valence-electron chi connectivity index (χ1n) is 17.8. The van der Waals surface area contributed by atoms with Gasteiger partial charge in [0, 0.05) is 48.5 Å². The Morgan fingerprint density at radius 3 is 0.554 bits per heavy atom. The molecule has 9 rings (SSSR count). The van der Waals surface area contributed by atoms with E-state index >= 15 is 0 Å². The Bertz CT molecular complexity index is 2380. The number of hydrogen-bond donors (Lipinski definition) is 4. The molecule has 0 amide bonds. The molecular weight excluding hydrogens is 689 g/mol. The van der Waals surface area contributed by atoms with E-state index in [0.717, 1.165) is 91.5 Å². The SMILES string of the molecule is N#Cc1ccc([C+]2c3ccc([nH]3)[C+](c3ccc(C#N)cc3)c3ccc([nH]3)[C+](c3ccc(C#N)cc3)c3ccc([nH]3)[C+](c3ccc(C#N)cc3)c3ccc2[nH]3)cc1. The average molecular weight is 717 g/mol. The van der Waals surface area contributed by atoms with Gasteiger partial charge in [0.1, 0.15) is 93.5 Å². The van der Waals surface area contributed by atoms with Gasteiger partial charge in [-0.2, -0.15) is 21.0 Å². The fraction of sp³-hybridized carbons (Fsp3) is 0. The molecule has 0 spiro atoms. The van der Waals surface area contributed by atoms with Crippen molar-refractivity contribution in [2.75, 3.05) is 0 Å². The van der Waals surface area contributed by atoms with E-state index in [4.69, 9.17) is 0 Å². The molecule has 8 nitrogen and oxygen atoms in total. The van der Waals surface area contributed by atoms with Crippen LogP contribution < -0.4 is 0 Å². The highest BCUT2D eigenvalue weighted by atomic mass is 14.8. The van der Waals surface area contributed by atoms with Crippen LogP contribution >= 0.6 is 0 Å². The fourth-order valence-corrected chi connectivity index (χ4v) is 7.42. The summed E-state index contributed by atoms with van der Waals surface area (Å²) in [4.78, 5) is 14.9. The zero-order valence-corrected chi connectivity index (χ0v) is 29.6. The first kappa shape index (κ1) is 33.3. The lowest BCUT2D eigenvalue weighted by Crippen LogP contribution is -2.12. The quantitative estimate of drug-likeness (QED) is 0.134. The number of benzene rings is 4. The third-order valence-corrected chi connectivity index (χ3v) is 10.1. The van der Waals surface area contributed by atoms with Crippen molar-refractivity contribution in [3.63, 3.8) is 0 Å². The van der Waals surface area contributed by atoms with Gasteiger partial charge in [0.05, 0.1) is 93.0 Å². The van der Waals surface area contributed by atoms with Crippen LogP contribution in [-0.4, -0.2) is 19.9 Å². The highest BCUT2D eigenvalue weighted by molar-refractivity contribution is 5.64. The summed E-state index contributed by atoms with van der Waals surface area (Å²) in [6, 6.07) is 55.6. The minimum absolute atomic E-state index is 0.567. The van der Waals surface area contributed by atoms with E-state index < -0.39 is 0 Å². The summed E-state index contributed by atoms with van der Waals surface area (Å²) < 4.78 is 0. The van der Waals surface area contributed by atoms with E-state index in [2.05, 4.69) is 92.7 Å². The highest BCUT2D eigenvalue weighted by Gasteiger charge is 2.37. The molecule has 56 heavy (non-hydrogen) atoms. The molecule has 256 valence electrons. The molecule has 1 aliphatic heterocycles. The summed E-state index contributed by atoms with van der Waals surface area (Å²) in [5.41, 5.74) is 12.8. The molecule has 1 aliphatic rings. The van der Waals surface area contributed by atoms with Crippen molar-refractivity contribution in [2.24, 2.45) is 0 Å². The summed E-state index contributed by atoms with van der Waals surface area (Å²) in [6.45, 7) is 0. The standard InChI is InChI=1S/C48H28N8/c49-25-29-1-9-33(10-2-29)45-37-17-19-39(53-37)46(34-11-3-30(26-50)4-12-34)41-21-23-43(55-41)48(36-15-7-32(28-52)8-16-36)44-24-22-42(56-44)47(40-20-18-38(45)54-40)35-13-5-31(27-51)6-14-35/h1-24,53-56H/q+4. The molecule has 0 saturated carbocycles. The number of rotatable bonds is 4. The van der Waals surface area contributed by atoms with Crippen LogP contribution in [0.15, 0.2) is 146 Å². The van der Waals surface area contributed by atoms with Crippen LogP contribution in [0.5, 0.6) is 0 Å². The van der Waals surface area contributed by atoms with Crippen LogP contribution in [0.4, 0.5) is 0 Å². The Kier molecular flexibility index (Phi) is 8.19. The van der Waals surface area contributed by atoms with E-state index in [0.29, 0.717) is 22.3 Å². The molecule has 0 saturated heterocycles. The maximum atomic E-state index is 9.59. The van der Waals surface area contributed by atoms with Crippen LogP contribution in [0.2, 0.25) is 0 Å². The summed E-state index contributed by atoms with van der Waals surface area (Å²) in [6.07, 6.45) is 0. The Morgan fingerprint density at radius 1 is 0.250 bits per heavy atom. The Hall–Kier alpha value is -8.56. The van der Waals surface area contributed by atoms with Gasteiger partial charge in [-0.1, -0.05) is 0 Å². The minimum Gasteiger partial charge on any atom is -0.327 e. The van der Waals surface area contributed by atoms with E-state index in [-0.39, 0.29) is 0 Å². The molecule has 0 fully saturated rings. The van der Waals surface area contributed by atoms with Crippen molar-refractivity contribution in [1.29, 1.82) is 21.0 Å². The van der Waals surface area contributed by atoms with Crippen LogP contribution in [0.1, 0.15) is 90.1 Å². The third kappa shape index (κ3) is 5.89. The van der Waals surface area contributed by atoms with Crippen molar-refractivity contribution < 1.29 is 0 Å². The predicted octanol–water partition coefficient (Wildman–Crippen LogP) is 8.88. The molecule has 0 aliphatic carbocycles. The van der Waals surface area contributed by atoms with Gasteiger partial charge in [-0.25, -0.2) is 0 Å². The van der Waals surface area contributed by atoms with Crippen LogP contribution in [0, 0.1) is 69.0 Å². The zero-order valence-electron chi connectivity index (χ0n) is 29.6. The van der Waals surface area contributed by atoms with E-state index in [9.17, 15) is 21.0 Å². The largest absolute Gasteiger partial charge is 0.327 e. The predicted molar refractivity (Wildman–Crippen MR) is 210 cm³/mol. The number of H-pyrrole nitrogens is 4. The van der Waals surface area contributed by atoms with Gasteiger partial charge in [0.15, 0.2) is 0 Å². The van der Waals surface area contributed by atoms with Crippen molar-refractivity contribution in [3.8, 4) is 24.3 Å². The second kappa shape index (κ2) is 13.8. The summed E-state index contributed by atoms with van der Waals surface area (Å²) in [5, 5.41) is 38.4. The maximum absolute atomic E-state index is 9.59. The van der Waals surface area contributed by atoms with E-state index in [1.807, 2.05) is 97.1 Å². The lowest BCUT2D eigenvalue weighted by Gasteiger charge is -2.13. The monoisotopic (exact) mass is 716 g/mol. The van der Waals surface area contributed by atoms with E-state index in [1.165, 1.54) is 0 Å². The molecule has 4 N–H and O–H groups in total. The molecule has 0 atom stereocenters. The Morgan fingerprint density at radius 2 is 0.411 bits per heavy atom. The van der Waals surface area contributed by atoms with Gasteiger partial charge in [-0.3, -0.25) is 0 Å². The van der Waals surface area contributed by atoms with Gasteiger partial charge < -0.3 is 19.9 Å². The molecule has 0 unspecified atom stereocenters. The summed E-state index contributed by atoms with van der Waals surface area (Å²) in [7, 11) is 0. The Labute approximate surface area is 323 Å². The number of aromatic amines is 4. The first-order valence-corrected chi connectivity index (χ1v) is 17.8. The zero-order chi connectivity index (χ0) is 38.2. The maximum Gasteiger partial charge on any atom is 0.126 e. The van der Waals surface area contributed by atoms with Gasteiger partial charge in [-0.15, -0.1) is 0 Å². The van der Waals surface area contributed by atoms with Gasteiger partial charge in [0.25, 0.3) is 0 Å². The molecule has 4 aromatic heterocycles. The third-order valence-electron chi connectivity index (χ3n) is 10.1. The number of hydrogen-bond acceptors (Lipinski definition) is 4. The Balaban J connectivity index is 1.29. The summed E-state index contributed by atoms with van der Waals surface area (Å²) in [5.74, 6) is 3.64. The number of nitrogens with zero attached hydrogens (tertiary/aromatic N) is 4. The number of aromatic nitrogens is 4. The van der Waals surface area contributed by atoms with Crippen LogP contribution in [-0.2, 0) is 0 Å². The highest BCUT2D eigenvalue weighted by Crippen LogP contribution is 2.40. The lowest BCUT2D eigenvalue weighted by molar-refractivity contribution is 1.01. The topological polar surface area (TPSA) is 158 Å². The van der Waals surface area contributed by atoms with Gasteiger partial charge >= 0.3 is 0 Å². The normalized spacial score (nSPS) is 12.1. The summed E-state index contributed by atoms with van der Waals surface area (Å²) >= 11 is 0. The molecular formula is C48H28N8+4. The van der Waals surface area contributed by atoms with E-state index in [1.54, 1.807) is 0 Å². The van der Waals surface area contributed by atoms with Crippen molar-refractivity contribution in [1.82, 2.24) is 19.9 Å². The second-order valence-corrected chi connectivity index (χ2v) is 13.4. The first-order chi connectivity index (χ1) is 27.5. The molecule has 5 heterocycles. The number of nitriles is 4. The van der Waals surface area contributed by atoms with Crippen molar-refractivity contribution >= 4 is 0 Å². The minimum atomic E-state index is 0.567. The van der Waals surface area contributed by atoms with Crippen LogP contribution in [0.25, 0.3) is 0 Å². The number of nitrogens with one attached hydrogen (secondary N) is 4. The molecule has 0 radical (unpaired) electrons. The second-order valence-electron chi connectivity index (χ2n) is 13.4. The molecule has 8 aromatic rings. The van der Waals surface area contributed by atoms with Crippen LogP contribution in [0.3, 0.4) is 0 Å². The van der Waals surface area contributed by atoms with Gasteiger partial charge in [-0.05, 0) is 48.5 Å².